The van der Waals surface area contributed by atoms with Crippen molar-refractivity contribution >= 4 is 23.4 Å². The lowest BCUT2D eigenvalue weighted by molar-refractivity contribution is -0.119. The Morgan fingerprint density at radius 3 is 2.70 bits per heavy atom. The molecule has 1 aromatic carbocycles. The summed E-state index contributed by atoms with van der Waals surface area (Å²) in [6.07, 6.45) is 1.09. The Bertz CT molecular complexity index is 555. The van der Waals surface area contributed by atoms with Crippen molar-refractivity contribution in [2.24, 2.45) is 0 Å². The molecule has 0 saturated carbocycles. The van der Waals surface area contributed by atoms with Crippen LogP contribution in [0.5, 0.6) is 0 Å². The van der Waals surface area contributed by atoms with Crippen LogP contribution in [-0.4, -0.2) is 30.8 Å². The molecular weight excluding hydrogens is 258 g/mol. The van der Waals surface area contributed by atoms with Crippen LogP contribution in [0.4, 0.5) is 5.69 Å². The van der Waals surface area contributed by atoms with Crippen LogP contribution in [0.2, 0.25) is 0 Å². The third kappa shape index (κ3) is 3.57. The molecule has 0 fully saturated rings. The Morgan fingerprint density at radius 1 is 1.20 bits per heavy atom. The predicted octanol–water partition coefficient (Wildman–Crippen LogP) is 0.437. The normalized spacial score (nSPS) is 13.2. The minimum Gasteiger partial charge on any atom is -0.355 e. The van der Waals surface area contributed by atoms with E-state index in [9.17, 15) is 14.4 Å². The molecule has 3 N–H and O–H groups in total. The molecule has 0 unspecified atom stereocenters. The highest BCUT2D eigenvalue weighted by atomic mass is 16.2. The molecule has 20 heavy (non-hydrogen) atoms. The van der Waals surface area contributed by atoms with Crippen molar-refractivity contribution in [3.63, 3.8) is 0 Å². The molecule has 6 heteroatoms. The third-order valence-corrected chi connectivity index (χ3v) is 3.05. The van der Waals surface area contributed by atoms with Gasteiger partial charge in [-0.15, -0.1) is 0 Å². The molecule has 0 spiro atoms. The molecule has 2 rings (SSSR count). The van der Waals surface area contributed by atoms with E-state index in [1.165, 1.54) is 6.92 Å². The topological polar surface area (TPSA) is 87.3 Å². The quantitative estimate of drug-likeness (QED) is 0.697. The fraction of sp³-hybridized carbons (Fsp3) is 0.357. The molecule has 3 amide bonds. The minimum atomic E-state index is -0.185. The molecule has 0 bridgehead atoms. The van der Waals surface area contributed by atoms with Gasteiger partial charge >= 0.3 is 0 Å². The summed E-state index contributed by atoms with van der Waals surface area (Å²) in [6, 6.07) is 5.22. The number of rotatable bonds is 4. The van der Waals surface area contributed by atoms with E-state index >= 15 is 0 Å². The van der Waals surface area contributed by atoms with Crippen LogP contribution in [0.25, 0.3) is 0 Å². The van der Waals surface area contributed by atoms with E-state index in [-0.39, 0.29) is 17.7 Å². The maximum Gasteiger partial charge on any atom is 0.251 e. The van der Waals surface area contributed by atoms with E-state index in [2.05, 4.69) is 16.0 Å². The van der Waals surface area contributed by atoms with Gasteiger partial charge in [0.05, 0.1) is 0 Å². The van der Waals surface area contributed by atoms with Crippen molar-refractivity contribution < 1.29 is 14.4 Å². The molecule has 1 heterocycles. The van der Waals surface area contributed by atoms with Gasteiger partial charge in [-0.05, 0) is 30.2 Å². The SMILES string of the molecule is CC(=O)NCCNC(=O)c1ccc2c(c1)CCC(=O)N2. The molecule has 0 atom stereocenters. The second kappa shape index (κ2) is 6.18. The number of hydrogen-bond donors (Lipinski definition) is 3. The zero-order valence-corrected chi connectivity index (χ0v) is 11.3. The molecule has 6 nitrogen and oxygen atoms in total. The van der Waals surface area contributed by atoms with E-state index in [1.807, 2.05) is 0 Å². The van der Waals surface area contributed by atoms with E-state index in [4.69, 9.17) is 0 Å². The summed E-state index contributed by atoms with van der Waals surface area (Å²) < 4.78 is 0. The van der Waals surface area contributed by atoms with Gasteiger partial charge in [0.2, 0.25) is 11.8 Å². The number of benzene rings is 1. The molecule has 1 aliphatic rings. The number of carbonyl (C=O) groups is 3. The van der Waals surface area contributed by atoms with Gasteiger partial charge in [0, 0.05) is 37.7 Å². The Hall–Kier alpha value is -2.37. The van der Waals surface area contributed by atoms with Gasteiger partial charge < -0.3 is 16.0 Å². The van der Waals surface area contributed by atoms with Crippen molar-refractivity contribution in [3.8, 4) is 0 Å². The van der Waals surface area contributed by atoms with Gasteiger partial charge in [-0.1, -0.05) is 0 Å². The van der Waals surface area contributed by atoms with E-state index in [0.717, 1.165) is 11.3 Å². The maximum absolute atomic E-state index is 11.9. The van der Waals surface area contributed by atoms with Gasteiger partial charge in [-0.3, -0.25) is 14.4 Å². The number of aryl methyl sites for hydroxylation is 1. The second-order valence-electron chi connectivity index (χ2n) is 4.66. The van der Waals surface area contributed by atoms with Gasteiger partial charge in [-0.2, -0.15) is 0 Å². The van der Waals surface area contributed by atoms with Crippen molar-refractivity contribution in [3.05, 3.63) is 29.3 Å². The average Bonchev–Trinajstić information content (AvgIpc) is 2.42. The van der Waals surface area contributed by atoms with Crippen molar-refractivity contribution in [2.75, 3.05) is 18.4 Å². The van der Waals surface area contributed by atoms with Crippen LogP contribution < -0.4 is 16.0 Å². The van der Waals surface area contributed by atoms with Crippen molar-refractivity contribution in [2.45, 2.75) is 19.8 Å². The summed E-state index contributed by atoms with van der Waals surface area (Å²) in [4.78, 5) is 33.9. The zero-order chi connectivity index (χ0) is 14.5. The molecule has 0 radical (unpaired) electrons. The Kier molecular flexibility index (Phi) is 4.34. The molecule has 106 valence electrons. The number of carbonyl (C=O) groups excluding carboxylic acids is 3. The maximum atomic E-state index is 11.9. The molecule has 1 aromatic rings. The molecular formula is C14H17N3O3. The van der Waals surface area contributed by atoms with Crippen LogP contribution >= 0.6 is 0 Å². The Balaban J connectivity index is 1.94. The lowest BCUT2D eigenvalue weighted by Gasteiger charge is -2.17. The lowest BCUT2D eigenvalue weighted by Crippen LogP contribution is -2.33. The summed E-state index contributed by atoms with van der Waals surface area (Å²) in [7, 11) is 0. The monoisotopic (exact) mass is 275 g/mol. The number of nitrogens with one attached hydrogen (secondary N) is 3. The number of anilines is 1. The fourth-order valence-electron chi connectivity index (χ4n) is 2.04. The van der Waals surface area contributed by atoms with Gasteiger partial charge in [-0.25, -0.2) is 0 Å². The standard InChI is InChI=1S/C14H17N3O3/c1-9(18)15-6-7-16-14(20)11-2-4-12-10(8-11)3-5-13(19)17-12/h2,4,8H,3,5-7H2,1H3,(H,15,18)(H,16,20)(H,17,19). The van der Waals surface area contributed by atoms with Crippen LogP contribution in [0.15, 0.2) is 18.2 Å². The number of hydrogen-bond acceptors (Lipinski definition) is 3. The van der Waals surface area contributed by atoms with E-state index in [0.29, 0.717) is 31.5 Å². The highest BCUT2D eigenvalue weighted by molar-refractivity contribution is 5.97. The second-order valence-corrected chi connectivity index (χ2v) is 4.66. The van der Waals surface area contributed by atoms with Crippen LogP contribution in [0.3, 0.4) is 0 Å². The summed E-state index contributed by atoms with van der Waals surface area (Å²) in [5.41, 5.74) is 2.30. The first-order chi connectivity index (χ1) is 9.56. The Morgan fingerprint density at radius 2 is 1.95 bits per heavy atom. The fourth-order valence-corrected chi connectivity index (χ4v) is 2.04. The van der Waals surface area contributed by atoms with Gasteiger partial charge in [0.25, 0.3) is 5.91 Å². The third-order valence-electron chi connectivity index (χ3n) is 3.05. The molecule has 0 aromatic heterocycles. The lowest BCUT2D eigenvalue weighted by atomic mass is 10.00. The van der Waals surface area contributed by atoms with E-state index < -0.39 is 0 Å². The first kappa shape index (κ1) is 14.0. The molecule has 0 saturated heterocycles. The summed E-state index contributed by atoms with van der Waals surface area (Å²) >= 11 is 0. The van der Waals surface area contributed by atoms with E-state index in [1.54, 1.807) is 18.2 Å². The number of amides is 3. The predicted molar refractivity (Wildman–Crippen MR) is 74.4 cm³/mol. The summed E-state index contributed by atoms with van der Waals surface area (Å²) in [6.45, 7) is 2.22. The summed E-state index contributed by atoms with van der Waals surface area (Å²) in [5, 5.41) is 8.11. The van der Waals surface area contributed by atoms with Crippen molar-refractivity contribution in [1.29, 1.82) is 0 Å². The highest BCUT2D eigenvalue weighted by Crippen LogP contribution is 2.23. The largest absolute Gasteiger partial charge is 0.355 e. The van der Waals surface area contributed by atoms with Gasteiger partial charge in [0.15, 0.2) is 0 Å². The minimum absolute atomic E-state index is 0.00464. The average molecular weight is 275 g/mol. The molecule has 0 aliphatic carbocycles. The van der Waals surface area contributed by atoms with Crippen molar-refractivity contribution in [1.82, 2.24) is 10.6 Å². The van der Waals surface area contributed by atoms with Crippen LogP contribution in [0, 0.1) is 0 Å². The van der Waals surface area contributed by atoms with Crippen LogP contribution in [-0.2, 0) is 16.0 Å². The number of fused-ring (bicyclic) bond motifs is 1. The Labute approximate surface area is 116 Å². The zero-order valence-electron chi connectivity index (χ0n) is 11.3. The smallest absolute Gasteiger partial charge is 0.251 e. The van der Waals surface area contributed by atoms with Crippen LogP contribution in [0.1, 0.15) is 29.3 Å². The van der Waals surface area contributed by atoms with Gasteiger partial charge in [0.1, 0.15) is 0 Å². The first-order valence-corrected chi connectivity index (χ1v) is 6.51. The molecule has 1 aliphatic heterocycles. The summed E-state index contributed by atoms with van der Waals surface area (Å²) in [5.74, 6) is -0.302. The highest BCUT2D eigenvalue weighted by Gasteiger charge is 2.16. The first-order valence-electron chi connectivity index (χ1n) is 6.51.